The third-order valence-corrected chi connectivity index (χ3v) is 3.52. The van der Waals surface area contributed by atoms with Crippen molar-refractivity contribution in [3.8, 4) is 0 Å². The molecular weight excluding hydrogens is 274 g/mol. The lowest BCUT2D eigenvalue weighted by Crippen LogP contribution is -2.35. The van der Waals surface area contributed by atoms with Crippen LogP contribution in [0.5, 0.6) is 0 Å². The maximum absolute atomic E-state index is 12.0. The van der Waals surface area contributed by atoms with E-state index in [9.17, 15) is 4.79 Å². The van der Waals surface area contributed by atoms with Crippen molar-refractivity contribution in [3.63, 3.8) is 0 Å². The number of pyridine rings is 1. The van der Waals surface area contributed by atoms with Gasteiger partial charge >= 0.3 is 0 Å². The Bertz CT molecular complexity index is 598. The van der Waals surface area contributed by atoms with Gasteiger partial charge in [0.05, 0.1) is 6.54 Å². The van der Waals surface area contributed by atoms with E-state index in [-0.39, 0.29) is 5.91 Å². The molecule has 116 valence electrons. The number of aromatic nitrogens is 1. The molecule has 0 fully saturated rings. The van der Waals surface area contributed by atoms with Gasteiger partial charge in [-0.3, -0.25) is 14.7 Å². The van der Waals surface area contributed by atoms with E-state index in [2.05, 4.69) is 29.4 Å². The molecule has 0 aliphatic heterocycles. The molecule has 0 bridgehead atoms. The summed E-state index contributed by atoms with van der Waals surface area (Å²) in [5, 5.41) is 2.96. The molecular formula is C18H23N3O. The van der Waals surface area contributed by atoms with Crippen LogP contribution < -0.4 is 5.32 Å². The number of aryl methyl sites for hydroxylation is 1. The second-order valence-electron chi connectivity index (χ2n) is 5.61. The molecule has 0 saturated carbocycles. The number of carbonyl (C=O) groups is 1. The Morgan fingerprint density at radius 1 is 1.18 bits per heavy atom. The zero-order valence-electron chi connectivity index (χ0n) is 13.2. The second kappa shape index (κ2) is 8.29. The normalized spacial score (nSPS) is 10.7. The van der Waals surface area contributed by atoms with Crippen molar-refractivity contribution in [1.82, 2.24) is 15.2 Å². The molecule has 4 nitrogen and oxygen atoms in total. The minimum atomic E-state index is 0.0544. The van der Waals surface area contributed by atoms with E-state index in [1.165, 1.54) is 11.1 Å². The summed E-state index contributed by atoms with van der Waals surface area (Å²) in [6, 6.07) is 12.2. The maximum Gasteiger partial charge on any atom is 0.234 e. The lowest BCUT2D eigenvalue weighted by Gasteiger charge is -2.16. The number of hydrogen-bond acceptors (Lipinski definition) is 3. The Morgan fingerprint density at radius 3 is 2.68 bits per heavy atom. The number of amides is 1. The molecule has 2 rings (SSSR count). The van der Waals surface area contributed by atoms with Crippen molar-refractivity contribution in [2.45, 2.75) is 19.9 Å². The van der Waals surface area contributed by atoms with E-state index >= 15 is 0 Å². The van der Waals surface area contributed by atoms with Crippen LogP contribution in [0, 0.1) is 6.92 Å². The van der Waals surface area contributed by atoms with Crippen molar-refractivity contribution in [3.05, 3.63) is 65.5 Å². The Hall–Kier alpha value is -2.20. The summed E-state index contributed by atoms with van der Waals surface area (Å²) in [6.07, 6.45) is 4.51. The fourth-order valence-electron chi connectivity index (χ4n) is 2.27. The third-order valence-electron chi connectivity index (χ3n) is 3.52. The summed E-state index contributed by atoms with van der Waals surface area (Å²) in [5.74, 6) is 0.0544. The average molecular weight is 297 g/mol. The first-order chi connectivity index (χ1) is 10.6. The number of nitrogens with one attached hydrogen (secondary N) is 1. The van der Waals surface area contributed by atoms with Gasteiger partial charge in [-0.25, -0.2) is 0 Å². The molecule has 0 spiro atoms. The quantitative estimate of drug-likeness (QED) is 0.852. The van der Waals surface area contributed by atoms with E-state index in [0.717, 1.165) is 18.5 Å². The first kappa shape index (κ1) is 16.2. The molecule has 2 aromatic rings. The van der Waals surface area contributed by atoms with Gasteiger partial charge in [-0.1, -0.05) is 29.8 Å². The van der Waals surface area contributed by atoms with Crippen LogP contribution in [0.1, 0.15) is 16.7 Å². The van der Waals surface area contributed by atoms with Crippen LogP contribution in [-0.2, 0) is 17.8 Å². The highest BCUT2D eigenvalue weighted by molar-refractivity contribution is 5.77. The fourth-order valence-corrected chi connectivity index (χ4v) is 2.27. The van der Waals surface area contributed by atoms with E-state index in [4.69, 9.17) is 0 Å². The van der Waals surface area contributed by atoms with Crippen molar-refractivity contribution < 1.29 is 4.79 Å². The van der Waals surface area contributed by atoms with Crippen LogP contribution in [0.15, 0.2) is 48.8 Å². The highest BCUT2D eigenvalue weighted by Gasteiger charge is 2.06. The molecule has 1 heterocycles. The van der Waals surface area contributed by atoms with E-state index in [1.54, 1.807) is 12.4 Å². The topological polar surface area (TPSA) is 45.2 Å². The minimum absolute atomic E-state index is 0.0544. The van der Waals surface area contributed by atoms with E-state index < -0.39 is 0 Å². The summed E-state index contributed by atoms with van der Waals surface area (Å²) in [5.41, 5.74) is 3.58. The predicted molar refractivity (Wildman–Crippen MR) is 88.5 cm³/mol. The molecule has 0 saturated heterocycles. The summed E-state index contributed by atoms with van der Waals surface area (Å²) in [6.45, 7) is 3.90. The first-order valence-corrected chi connectivity index (χ1v) is 7.53. The fraction of sp³-hybridized carbons (Fsp3) is 0.333. The summed E-state index contributed by atoms with van der Waals surface area (Å²) >= 11 is 0. The second-order valence-corrected chi connectivity index (χ2v) is 5.61. The van der Waals surface area contributed by atoms with E-state index in [1.807, 2.05) is 36.2 Å². The largest absolute Gasteiger partial charge is 0.351 e. The highest BCUT2D eigenvalue weighted by Crippen LogP contribution is 2.03. The SMILES string of the molecule is Cc1cccc(CNC(=O)CN(C)CCc2ccncc2)c1. The number of hydrogen-bond donors (Lipinski definition) is 1. The Labute approximate surface area is 132 Å². The molecule has 0 radical (unpaired) electrons. The Kier molecular flexibility index (Phi) is 6.10. The van der Waals surface area contributed by atoms with Gasteiger partial charge in [0.1, 0.15) is 0 Å². The first-order valence-electron chi connectivity index (χ1n) is 7.53. The monoisotopic (exact) mass is 297 g/mol. The molecule has 0 aliphatic rings. The van der Waals surface area contributed by atoms with Crippen LogP contribution in [0.2, 0.25) is 0 Å². The predicted octanol–water partition coefficient (Wildman–Crippen LogP) is 2.18. The van der Waals surface area contributed by atoms with Crippen LogP contribution in [0.4, 0.5) is 0 Å². The molecule has 4 heteroatoms. The van der Waals surface area contributed by atoms with Gasteiger partial charge in [0.15, 0.2) is 0 Å². The molecule has 22 heavy (non-hydrogen) atoms. The van der Waals surface area contributed by atoms with Gasteiger partial charge in [0.2, 0.25) is 5.91 Å². The summed E-state index contributed by atoms with van der Waals surface area (Å²) in [4.78, 5) is 18.0. The number of rotatable bonds is 7. The molecule has 0 unspecified atom stereocenters. The molecule has 0 aliphatic carbocycles. The highest BCUT2D eigenvalue weighted by atomic mass is 16.2. The summed E-state index contributed by atoms with van der Waals surface area (Å²) in [7, 11) is 1.97. The average Bonchev–Trinajstić information content (AvgIpc) is 2.52. The number of benzene rings is 1. The zero-order chi connectivity index (χ0) is 15.8. The van der Waals surface area contributed by atoms with Gasteiger partial charge in [-0.2, -0.15) is 0 Å². The number of carbonyl (C=O) groups excluding carboxylic acids is 1. The van der Waals surface area contributed by atoms with Crippen molar-refractivity contribution in [1.29, 1.82) is 0 Å². The van der Waals surface area contributed by atoms with Gasteiger partial charge < -0.3 is 5.32 Å². The van der Waals surface area contributed by atoms with Crippen molar-refractivity contribution in [2.75, 3.05) is 20.1 Å². The van der Waals surface area contributed by atoms with Gasteiger partial charge in [0.25, 0.3) is 0 Å². The number of nitrogens with zero attached hydrogens (tertiary/aromatic N) is 2. The Balaban J connectivity index is 1.70. The Morgan fingerprint density at radius 2 is 1.95 bits per heavy atom. The third kappa shape index (κ3) is 5.66. The maximum atomic E-state index is 12.0. The number of likely N-dealkylation sites (N-methyl/N-ethyl adjacent to an activating group) is 1. The van der Waals surface area contributed by atoms with Crippen LogP contribution in [0.3, 0.4) is 0 Å². The van der Waals surface area contributed by atoms with Gasteiger partial charge in [-0.05, 0) is 43.7 Å². The smallest absolute Gasteiger partial charge is 0.234 e. The van der Waals surface area contributed by atoms with Gasteiger partial charge in [0, 0.05) is 25.5 Å². The standard InChI is InChI=1S/C18H23N3O/c1-15-4-3-5-17(12-15)13-20-18(22)14-21(2)11-8-16-6-9-19-10-7-16/h3-7,9-10,12H,8,11,13-14H2,1-2H3,(H,20,22). The molecule has 1 amide bonds. The molecule has 1 aromatic heterocycles. The van der Waals surface area contributed by atoms with Crippen LogP contribution >= 0.6 is 0 Å². The minimum Gasteiger partial charge on any atom is -0.351 e. The molecule has 1 N–H and O–H groups in total. The van der Waals surface area contributed by atoms with Gasteiger partial charge in [-0.15, -0.1) is 0 Å². The van der Waals surface area contributed by atoms with Crippen LogP contribution in [0.25, 0.3) is 0 Å². The van der Waals surface area contributed by atoms with Crippen LogP contribution in [-0.4, -0.2) is 35.9 Å². The van der Waals surface area contributed by atoms with Crippen molar-refractivity contribution >= 4 is 5.91 Å². The summed E-state index contributed by atoms with van der Waals surface area (Å²) < 4.78 is 0. The lowest BCUT2D eigenvalue weighted by molar-refractivity contribution is -0.122. The zero-order valence-corrected chi connectivity index (χ0v) is 13.2. The van der Waals surface area contributed by atoms with Crippen molar-refractivity contribution in [2.24, 2.45) is 0 Å². The van der Waals surface area contributed by atoms with E-state index in [0.29, 0.717) is 13.1 Å². The lowest BCUT2D eigenvalue weighted by atomic mass is 10.1. The molecule has 0 atom stereocenters. The molecule has 1 aromatic carbocycles.